The van der Waals surface area contributed by atoms with Crippen LogP contribution < -0.4 is 19.5 Å². The van der Waals surface area contributed by atoms with E-state index in [2.05, 4.69) is 5.32 Å². The molecule has 0 unspecified atom stereocenters. The van der Waals surface area contributed by atoms with Gasteiger partial charge >= 0.3 is 5.97 Å². The van der Waals surface area contributed by atoms with Gasteiger partial charge in [0, 0.05) is 13.0 Å². The number of ether oxygens (including phenoxy) is 3. The Balaban J connectivity index is 1.54. The number of carboxylic acids is 1. The number of likely N-dealkylation sites (N-methyl/N-ethyl adjacent to an activating group) is 1. The van der Waals surface area contributed by atoms with Crippen LogP contribution in [0.1, 0.15) is 15.9 Å². The maximum Gasteiger partial charge on any atom is 0.326 e. The van der Waals surface area contributed by atoms with E-state index in [1.807, 2.05) is 43.3 Å². The fraction of sp³-hybridized carbons (Fsp3) is 0.259. The zero-order chi connectivity index (χ0) is 26.5. The highest BCUT2D eigenvalue weighted by molar-refractivity contribution is 6.39. The summed E-state index contributed by atoms with van der Waals surface area (Å²) >= 11 is 12.2. The van der Waals surface area contributed by atoms with Crippen molar-refractivity contribution < 1.29 is 28.9 Å². The van der Waals surface area contributed by atoms with Crippen LogP contribution in [-0.2, 0) is 11.2 Å². The number of aliphatic carboxylic acids is 1. The summed E-state index contributed by atoms with van der Waals surface area (Å²) in [6.07, 6.45) is 0.0577. The Morgan fingerprint density at radius 1 is 1.05 bits per heavy atom. The summed E-state index contributed by atoms with van der Waals surface area (Å²) in [5.74, 6) is 0.0548. The average Bonchev–Trinajstić information content (AvgIpc) is 3.32. The van der Waals surface area contributed by atoms with Gasteiger partial charge in [-0.15, -0.1) is 0 Å². The van der Waals surface area contributed by atoms with Crippen LogP contribution in [0.15, 0.2) is 54.6 Å². The lowest BCUT2D eigenvalue weighted by molar-refractivity contribution is -0.139. The molecule has 1 heterocycles. The number of carbonyl (C=O) groups is 2. The van der Waals surface area contributed by atoms with Gasteiger partial charge in [-0.2, -0.15) is 0 Å². The van der Waals surface area contributed by atoms with Crippen molar-refractivity contribution in [1.29, 1.82) is 0 Å². The van der Waals surface area contributed by atoms with Crippen molar-refractivity contribution in [2.24, 2.45) is 0 Å². The SMILES string of the molecule is CN(C)CCOc1ccc2c(c1-c1ccc(C[C@H](NC(=O)c3c(Cl)cccc3Cl)C(=O)O)cc1)OCO2. The van der Waals surface area contributed by atoms with Gasteiger partial charge in [-0.25, -0.2) is 4.79 Å². The summed E-state index contributed by atoms with van der Waals surface area (Å²) < 4.78 is 17.3. The molecule has 0 saturated carbocycles. The fourth-order valence-electron chi connectivity index (χ4n) is 3.87. The number of hydrogen-bond acceptors (Lipinski definition) is 6. The Labute approximate surface area is 224 Å². The molecule has 10 heteroatoms. The third kappa shape index (κ3) is 6.28. The third-order valence-electron chi connectivity index (χ3n) is 5.77. The molecule has 8 nitrogen and oxygen atoms in total. The molecule has 3 aromatic rings. The summed E-state index contributed by atoms with van der Waals surface area (Å²) in [4.78, 5) is 26.7. The van der Waals surface area contributed by atoms with E-state index in [1.165, 1.54) is 12.1 Å². The second-order valence-electron chi connectivity index (χ2n) is 8.69. The van der Waals surface area contributed by atoms with Gasteiger partial charge in [0.15, 0.2) is 11.5 Å². The lowest BCUT2D eigenvalue weighted by atomic mass is 9.98. The Bertz CT molecular complexity index is 1280. The van der Waals surface area contributed by atoms with Gasteiger partial charge in [0.05, 0.1) is 21.2 Å². The van der Waals surface area contributed by atoms with Crippen LogP contribution in [0.4, 0.5) is 0 Å². The molecule has 1 atom stereocenters. The maximum atomic E-state index is 12.7. The maximum absolute atomic E-state index is 12.7. The van der Waals surface area contributed by atoms with Gasteiger partial charge in [-0.1, -0.05) is 53.5 Å². The normalized spacial score (nSPS) is 12.9. The minimum absolute atomic E-state index is 0.0365. The minimum atomic E-state index is -1.19. The van der Waals surface area contributed by atoms with Gasteiger partial charge < -0.3 is 29.5 Å². The van der Waals surface area contributed by atoms with E-state index in [-0.39, 0.29) is 28.8 Å². The number of rotatable bonds is 10. The molecule has 0 fully saturated rings. The molecular formula is C27H26Cl2N2O6. The highest BCUT2D eigenvalue weighted by atomic mass is 35.5. The third-order valence-corrected chi connectivity index (χ3v) is 6.40. The average molecular weight is 545 g/mol. The monoisotopic (exact) mass is 544 g/mol. The van der Waals surface area contributed by atoms with Crippen LogP contribution in [0.2, 0.25) is 10.0 Å². The number of fused-ring (bicyclic) bond motifs is 1. The number of carbonyl (C=O) groups excluding carboxylic acids is 1. The summed E-state index contributed by atoms with van der Waals surface area (Å²) in [5.41, 5.74) is 2.33. The first-order valence-corrected chi connectivity index (χ1v) is 12.3. The van der Waals surface area contributed by atoms with Crippen molar-refractivity contribution in [2.45, 2.75) is 12.5 Å². The molecule has 1 aliphatic heterocycles. The van der Waals surface area contributed by atoms with Crippen molar-refractivity contribution in [1.82, 2.24) is 10.2 Å². The number of nitrogens with one attached hydrogen (secondary N) is 1. The highest BCUT2D eigenvalue weighted by Crippen LogP contribution is 2.47. The van der Waals surface area contributed by atoms with Gasteiger partial charge in [0.25, 0.3) is 5.91 Å². The molecule has 1 amide bonds. The van der Waals surface area contributed by atoms with Gasteiger partial charge in [-0.05, 0) is 49.5 Å². The second-order valence-corrected chi connectivity index (χ2v) is 9.50. The fourth-order valence-corrected chi connectivity index (χ4v) is 4.44. The molecular weight excluding hydrogens is 519 g/mol. The molecule has 4 rings (SSSR count). The molecule has 2 N–H and O–H groups in total. The summed E-state index contributed by atoms with van der Waals surface area (Å²) in [6, 6.07) is 14.4. The summed E-state index contributed by atoms with van der Waals surface area (Å²) in [7, 11) is 3.94. The highest BCUT2D eigenvalue weighted by Gasteiger charge is 2.25. The minimum Gasteiger partial charge on any atom is -0.491 e. The quantitative estimate of drug-likeness (QED) is 0.380. The van der Waals surface area contributed by atoms with Crippen LogP contribution >= 0.6 is 23.2 Å². The largest absolute Gasteiger partial charge is 0.491 e. The molecule has 37 heavy (non-hydrogen) atoms. The number of carboxylic acid groups (broad SMARTS) is 1. The molecule has 194 valence electrons. The lowest BCUT2D eigenvalue weighted by Gasteiger charge is -2.17. The van der Waals surface area contributed by atoms with E-state index in [1.54, 1.807) is 18.2 Å². The first-order valence-electron chi connectivity index (χ1n) is 11.5. The smallest absolute Gasteiger partial charge is 0.326 e. The number of halogens is 2. The van der Waals surface area contributed by atoms with Crippen LogP contribution in [-0.4, -0.2) is 62.0 Å². The zero-order valence-electron chi connectivity index (χ0n) is 20.3. The Hall–Kier alpha value is -3.46. The lowest BCUT2D eigenvalue weighted by Crippen LogP contribution is -2.42. The first kappa shape index (κ1) is 26.6. The van der Waals surface area contributed by atoms with Crippen LogP contribution in [0, 0.1) is 0 Å². The molecule has 0 aliphatic carbocycles. The Morgan fingerprint density at radius 3 is 2.41 bits per heavy atom. The molecule has 0 radical (unpaired) electrons. The van der Waals surface area contributed by atoms with Crippen molar-refractivity contribution >= 4 is 35.1 Å². The second kappa shape index (κ2) is 11.7. The summed E-state index contributed by atoms with van der Waals surface area (Å²) in [5, 5.41) is 12.5. The molecule has 0 bridgehead atoms. The van der Waals surface area contributed by atoms with Crippen LogP contribution in [0.5, 0.6) is 17.2 Å². The van der Waals surface area contributed by atoms with Crippen LogP contribution in [0.25, 0.3) is 11.1 Å². The van der Waals surface area contributed by atoms with Gasteiger partial charge in [-0.3, -0.25) is 4.79 Å². The van der Waals surface area contributed by atoms with E-state index in [9.17, 15) is 14.7 Å². The van der Waals surface area contributed by atoms with E-state index < -0.39 is 17.9 Å². The van der Waals surface area contributed by atoms with Crippen molar-refractivity contribution in [3.8, 4) is 28.4 Å². The Morgan fingerprint density at radius 2 is 1.76 bits per heavy atom. The molecule has 0 aromatic heterocycles. The predicted octanol–water partition coefficient (Wildman–Crippen LogP) is 4.76. The molecule has 0 saturated heterocycles. The van der Waals surface area contributed by atoms with E-state index in [0.29, 0.717) is 29.4 Å². The number of hydrogen-bond donors (Lipinski definition) is 2. The topological polar surface area (TPSA) is 97.3 Å². The van der Waals surface area contributed by atoms with E-state index in [0.717, 1.165) is 17.7 Å². The number of benzene rings is 3. The van der Waals surface area contributed by atoms with Crippen LogP contribution in [0.3, 0.4) is 0 Å². The van der Waals surface area contributed by atoms with E-state index >= 15 is 0 Å². The van der Waals surface area contributed by atoms with Crippen molar-refractivity contribution in [3.05, 3.63) is 75.8 Å². The van der Waals surface area contributed by atoms with Crippen molar-refractivity contribution in [2.75, 3.05) is 34.0 Å². The molecule has 3 aromatic carbocycles. The van der Waals surface area contributed by atoms with Gasteiger partial charge in [0.2, 0.25) is 6.79 Å². The molecule has 1 aliphatic rings. The first-order chi connectivity index (χ1) is 17.7. The number of nitrogens with zero attached hydrogens (tertiary/aromatic N) is 1. The molecule has 0 spiro atoms. The van der Waals surface area contributed by atoms with Gasteiger partial charge in [0.1, 0.15) is 18.4 Å². The summed E-state index contributed by atoms with van der Waals surface area (Å²) in [6.45, 7) is 1.36. The van der Waals surface area contributed by atoms with E-state index in [4.69, 9.17) is 37.4 Å². The van der Waals surface area contributed by atoms with Crippen molar-refractivity contribution in [3.63, 3.8) is 0 Å². The predicted molar refractivity (Wildman–Crippen MR) is 141 cm³/mol. The standard InChI is InChI=1S/C27H26Cl2N2O6/c1-31(2)12-13-35-21-10-11-22-25(37-15-36-22)23(21)17-8-6-16(7-9-17)14-20(27(33)34)30-26(32)24-18(28)4-3-5-19(24)29/h3-11,20H,12-15H2,1-2H3,(H,30,32)(H,33,34)/t20-/m0/s1. The number of amides is 1. The zero-order valence-corrected chi connectivity index (χ0v) is 21.8. The Kier molecular flexibility index (Phi) is 8.43.